The van der Waals surface area contributed by atoms with E-state index in [9.17, 15) is 0 Å². The summed E-state index contributed by atoms with van der Waals surface area (Å²) in [7, 11) is 0. The summed E-state index contributed by atoms with van der Waals surface area (Å²) in [6.07, 6.45) is 3.33. The fraction of sp³-hybridized carbons (Fsp3) is 0. The summed E-state index contributed by atoms with van der Waals surface area (Å²) < 4.78 is 1.82. The van der Waals surface area contributed by atoms with E-state index in [0.29, 0.717) is 5.02 Å². The molecule has 5 heteroatoms. The fourth-order valence-corrected chi connectivity index (χ4v) is 2.56. The molecule has 2 aromatic heterocycles. The minimum absolute atomic E-state index is 0.693. The van der Waals surface area contributed by atoms with Gasteiger partial charge < -0.3 is 0 Å². The van der Waals surface area contributed by atoms with Crippen LogP contribution in [-0.2, 0) is 0 Å². The number of nitrogens with zero attached hydrogens (tertiary/aromatic N) is 4. The number of aromatic nitrogens is 4. The number of halogens is 1. The predicted molar refractivity (Wildman–Crippen MR) is 87.1 cm³/mol. The Labute approximate surface area is 132 Å². The molecule has 2 heterocycles. The van der Waals surface area contributed by atoms with Crippen molar-refractivity contribution in [1.29, 1.82) is 0 Å². The van der Waals surface area contributed by atoms with Crippen LogP contribution in [-0.4, -0.2) is 19.7 Å². The van der Waals surface area contributed by atoms with E-state index in [-0.39, 0.29) is 0 Å². The van der Waals surface area contributed by atoms with Gasteiger partial charge in [-0.3, -0.25) is 0 Å². The van der Waals surface area contributed by atoms with E-state index in [0.717, 1.165) is 28.0 Å². The molecule has 0 amide bonds. The maximum Gasteiger partial charge on any atom is 0.166 e. The molecule has 0 saturated heterocycles. The molecule has 0 aliphatic carbocycles. The Kier molecular flexibility index (Phi) is 3.09. The first-order valence-electron chi connectivity index (χ1n) is 6.83. The van der Waals surface area contributed by atoms with Gasteiger partial charge in [0.25, 0.3) is 0 Å². The highest BCUT2D eigenvalue weighted by Gasteiger charge is 2.14. The molecule has 0 saturated carbocycles. The third kappa shape index (κ3) is 2.14. The Balaban J connectivity index is 1.99. The lowest BCUT2D eigenvalue weighted by Crippen LogP contribution is -1.97. The van der Waals surface area contributed by atoms with E-state index in [4.69, 9.17) is 16.7 Å². The molecule has 2 aromatic carbocycles. The number of hydrogen-bond acceptors (Lipinski definition) is 3. The van der Waals surface area contributed by atoms with Crippen LogP contribution >= 0.6 is 11.6 Å². The van der Waals surface area contributed by atoms with Crippen molar-refractivity contribution in [2.24, 2.45) is 0 Å². The van der Waals surface area contributed by atoms with E-state index in [1.54, 1.807) is 6.20 Å². The molecule has 4 aromatic rings. The van der Waals surface area contributed by atoms with Crippen molar-refractivity contribution in [1.82, 2.24) is 19.7 Å². The monoisotopic (exact) mass is 306 g/mol. The Hall–Kier alpha value is -2.72. The SMILES string of the molecule is Clc1ccc(-n2nc(-c3ccccc3)c3cncnc32)cc1. The van der Waals surface area contributed by atoms with E-state index in [1.807, 2.05) is 59.3 Å². The quantitative estimate of drug-likeness (QED) is 0.559. The van der Waals surface area contributed by atoms with Crippen molar-refractivity contribution in [2.45, 2.75) is 0 Å². The highest BCUT2D eigenvalue weighted by Crippen LogP contribution is 2.28. The first-order chi connectivity index (χ1) is 10.8. The topological polar surface area (TPSA) is 43.6 Å². The van der Waals surface area contributed by atoms with Gasteiger partial charge in [-0.05, 0) is 24.3 Å². The zero-order valence-corrected chi connectivity index (χ0v) is 12.3. The summed E-state index contributed by atoms with van der Waals surface area (Å²) in [4.78, 5) is 8.52. The van der Waals surface area contributed by atoms with Gasteiger partial charge in [0.15, 0.2) is 5.65 Å². The second-order valence-electron chi connectivity index (χ2n) is 4.86. The maximum absolute atomic E-state index is 5.96. The van der Waals surface area contributed by atoms with Crippen molar-refractivity contribution in [3.05, 3.63) is 72.1 Å². The standard InChI is InChI=1S/C17H11ClN4/c18-13-6-8-14(9-7-13)22-17-15(10-19-11-20-17)16(21-22)12-4-2-1-3-5-12/h1-11H. The largest absolute Gasteiger partial charge is 0.244 e. The Bertz CT molecular complexity index is 930. The van der Waals surface area contributed by atoms with Crippen LogP contribution in [0.5, 0.6) is 0 Å². The van der Waals surface area contributed by atoms with Gasteiger partial charge in [0.05, 0.1) is 11.1 Å². The van der Waals surface area contributed by atoms with Gasteiger partial charge in [0.1, 0.15) is 12.0 Å². The Morgan fingerprint density at radius 3 is 2.45 bits per heavy atom. The van der Waals surface area contributed by atoms with Gasteiger partial charge in [-0.15, -0.1) is 0 Å². The number of hydrogen-bond donors (Lipinski definition) is 0. The molecule has 106 valence electrons. The molecule has 0 aliphatic rings. The lowest BCUT2D eigenvalue weighted by molar-refractivity contribution is 0.899. The third-order valence-corrected chi connectivity index (χ3v) is 3.72. The molecule has 0 N–H and O–H groups in total. The molecule has 0 unspecified atom stereocenters. The predicted octanol–water partition coefficient (Wildman–Crippen LogP) is 4.14. The summed E-state index contributed by atoms with van der Waals surface area (Å²) in [6.45, 7) is 0. The van der Waals surface area contributed by atoms with Crippen LogP contribution in [0.2, 0.25) is 5.02 Å². The molecule has 0 aliphatic heterocycles. The summed E-state index contributed by atoms with van der Waals surface area (Å²) in [6, 6.07) is 17.6. The lowest BCUT2D eigenvalue weighted by Gasteiger charge is -2.02. The second-order valence-corrected chi connectivity index (χ2v) is 5.30. The molecule has 0 radical (unpaired) electrons. The highest BCUT2D eigenvalue weighted by molar-refractivity contribution is 6.30. The van der Waals surface area contributed by atoms with Crippen LogP contribution < -0.4 is 0 Å². The van der Waals surface area contributed by atoms with Crippen LogP contribution in [0.3, 0.4) is 0 Å². The highest BCUT2D eigenvalue weighted by atomic mass is 35.5. The van der Waals surface area contributed by atoms with Gasteiger partial charge >= 0.3 is 0 Å². The number of fused-ring (bicyclic) bond motifs is 1. The second kappa shape index (κ2) is 5.24. The van der Waals surface area contributed by atoms with E-state index in [1.165, 1.54) is 6.33 Å². The van der Waals surface area contributed by atoms with Crippen molar-refractivity contribution >= 4 is 22.6 Å². The molecule has 0 atom stereocenters. The minimum atomic E-state index is 0.693. The smallest absolute Gasteiger partial charge is 0.166 e. The normalized spacial score (nSPS) is 11.0. The zero-order chi connectivity index (χ0) is 14.9. The van der Waals surface area contributed by atoms with E-state index < -0.39 is 0 Å². The first-order valence-corrected chi connectivity index (χ1v) is 7.21. The summed E-state index contributed by atoms with van der Waals surface area (Å²) in [5.41, 5.74) is 3.59. The third-order valence-electron chi connectivity index (χ3n) is 3.47. The molecular weight excluding hydrogens is 296 g/mol. The van der Waals surface area contributed by atoms with Gasteiger partial charge in [-0.2, -0.15) is 5.10 Å². The van der Waals surface area contributed by atoms with Gasteiger partial charge in [0.2, 0.25) is 0 Å². The van der Waals surface area contributed by atoms with Crippen molar-refractivity contribution in [3.8, 4) is 16.9 Å². The molecule has 22 heavy (non-hydrogen) atoms. The summed E-state index contributed by atoms with van der Waals surface area (Å²) >= 11 is 5.96. The van der Waals surface area contributed by atoms with Crippen LogP contribution in [0, 0.1) is 0 Å². The van der Waals surface area contributed by atoms with Gasteiger partial charge in [-0.25, -0.2) is 14.6 Å². The number of rotatable bonds is 2. The Morgan fingerprint density at radius 2 is 1.68 bits per heavy atom. The average molecular weight is 307 g/mol. The van der Waals surface area contributed by atoms with Crippen molar-refractivity contribution in [2.75, 3.05) is 0 Å². The molecule has 0 fully saturated rings. The maximum atomic E-state index is 5.96. The number of benzene rings is 2. The van der Waals surface area contributed by atoms with Crippen LogP contribution in [0.25, 0.3) is 28.0 Å². The summed E-state index contributed by atoms with van der Waals surface area (Å²) in [5, 5.41) is 6.34. The molecule has 0 spiro atoms. The van der Waals surface area contributed by atoms with E-state index >= 15 is 0 Å². The van der Waals surface area contributed by atoms with Crippen LogP contribution in [0.4, 0.5) is 0 Å². The minimum Gasteiger partial charge on any atom is -0.244 e. The average Bonchev–Trinajstić information content (AvgIpc) is 2.96. The van der Waals surface area contributed by atoms with Crippen LogP contribution in [0.15, 0.2) is 67.1 Å². The van der Waals surface area contributed by atoms with E-state index in [2.05, 4.69) is 9.97 Å². The molecule has 0 bridgehead atoms. The lowest BCUT2D eigenvalue weighted by atomic mass is 10.1. The van der Waals surface area contributed by atoms with Gasteiger partial charge in [-0.1, -0.05) is 41.9 Å². The van der Waals surface area contributed by atoms with Gasteiger partial charge in [0, 0.05) is 16.8 Å². The van der Waals surface area contributed by atoms with Crippen molar-refractivity contribution in [3.63, 3.8) is 0 Å². The Morgan fingerprint density at radius 1 is 0.909 bits per heavy atom. The molecule has 4 nitrogen and oxygen atoms in total. The summed E-state index contributed by atoms with van der Waals surface area (Å²) in [5.74, 6) is 0. The van der Waals surface area contributed by atoms with Crippen molar-refractivity contribution < 1.29 is 0 Å². The molecular formula is C17H11ClN4. The van der Waals surface area contributed by atoms with Crippen LogP contribution in [0.1, 0.15) is 0 Å². The fourth-order valence-electron chi connectivity index (χ4n) is 2.43. The first kappa shape index (κ1) is 13.0. The molecule has 4 rings (SSSR count). The zero-order valence-electron chi connectivity index (χ0n) is 11.5.